The van der Waals surface area contributed by atoms with Gasteiger partial charge in [-0.1, -0.05) is 18.2 Å². The molecule has 0 aromatic heterocycles. The van der Waals surface area contributed by atoms with Crippen LogP contribution in [0.15, 0.2) is 66.2 Å². The maximum Gasteiger partial charge on any atom is 0.339 e. The summed E-state index contributed by atoms with van der Waals surface area (Å²) in [6.07, 6.45) is 1.73. The molecule has 0 aliphatic carbocycles. The van der Waals surface area contributed by atoms with Gasteiger partial charge in [-0.15, -0.1) is 0 Å². The van der Waals surface area contributed by atoms with Gasteiger partial charge in [0.25, 0.3) is 5.69 Å². The molecule has 130 valence electrons. The van der Waals surface area contributed by atoms with Crippen molar-refractivity contribution in [1.29, 1.82) is 0 Å². The van der Waals surface area contributed by atoms with Crippen LogP contribution in [0, 0.1) is 10.1 Å². The Kier molecular flexibility index (Phi) is 4.66. The lowest BCUT2D eigenvalue weighted by atomic mass is 10.0. The molecule has 0 amide bonds. The van der Waals surface area contributed by atoms with Crippen molar-refractivity contribution in [1.82, 2.24) is 0 Å². The SMILES string of the molecule is CC(=Cc1ccc2cc(N)ccc2c1)C(=O)Oc1ccc([N+](=O)[O-])cc1. The quantitative estimate of drug-likeness (QED) is 0.189. The zero-order valence-electron chi connectivity index (χ0n) is 14.0. The molecule has 26 heavy (non-hydrogen) atoms. The highest BCUT2D eigenvalue weighted by Crippen LogP contribution is 2.22. The van der Waals surface area contributed by atoms with Gasteiger partial charge >= 0.3 is 5.97 Å². The first-order valence-electron chi connectivity index (χ1n) is 7.86. The molecule has 3 aromatic rings. The van der Waals surface area contributed by atoms with E-state index in [-0.39, 0.29) is 11.4 Å². The van der Waals surface area contributed by atoms with Crippen LogP contribution >= 0.6 is 0 Å². The second-order valence-electron chi connectivity index (χ2n) is 5.83. The third-order valence-electron chi connectivity index (χ3n) is 3.85. The lowest BCUT2D eigenvalue weighted by Crippen LogP contribution is -2.09. The molecule has 2 N–H and O–H groups in total. The van der Waals surface area contributed by atoms with Gasteiger partial charge in [0.05, 0.1) is 4.92 Å². The first-order valence-corrected chi connectivity index (χ1v) is 7.86. The van der Waals surface area contributed by atoms with Crippen molar-refractivity contribution in [3.05, 3.63) is 81.9 Å². The van der Waals surface area contributed by atoms with E-state index in [4.69, 9.17) is 10.5 Å². The number of nitrogen functional groups attached to an aromatic ring is 1. The van der Waals surface area contributed by atoms with Crippen LogP contribution in [0.2, 0.25) is 0 Å². The van der Waals surface area contributed by atoms with Gasteiger partial charge in [-0.25, -0.2) is 4.79 Å². The van der Waals surface area contributed by atoms with E-state index in [0.717, 1.165) is 16.3 Å². The number of rotatable bonds is 4. The number of benzene rings is 3. The van der Waals surface area contributed by atoms with Crippen LogP contribution in [0.3, 0.4) is 0 Å². The number of nitrogens with zero attached hydrogens (tertiary/aromatic N) is 1. The first-order chi connectivity index (χ1) is 12.4. The van der Waals surface area contributed by atoms with Crippen molar-refractivity contribution < 1.29 is 14.5 Å². The predicted molar refractivity (Wildman–Crippen MR) is 101 cm³/mol. The Morgan fingerprint density at radius 2 is 1.69 bits per heavy atom. The molecule has 6 nitrogen and oxygen atoms in total. The number of fused-ring (bicyclic) bond motifs is 1. The lowest BCUT2D eigenvalue weighted by molar-refractivity contribution is -0.384. The van der Waals surface area contributed by atoms with Crippen LogP contribution in [-0.4, -0.2) is 10.9 Å². The van der Waals surface area contributed by atoms with Crippen molar-refractivity contribution in [2.75, 3.05) is 5.73 Å². The fourth-order valence-corrected chi connectivity index (χ4v) is 2.50. The van der Waals surface area contributed by atoms with E-state index in [1.165, 1.54) is 24.3 Å². The van der Waals surface area contributed by atoms with Gasteiger partial charge < -0.3 is 10.5 Å². The summed E-state index contributed by atoms with van der Waals surface area (Å²) < 4.78 is 5.24. The Balaban J connectivity index is 1.77. The summed E-state index contributed by atoms with van der Waals surface area (Å²) in [5.74, 6) is -0.265. The number of hydrogen-bond acceptors (Lipinski definition) is 5. The largest absolute Gasteiger partial charge is 0.423 e. The normalized spacial score (nSPS) is 11.3. The molecule has 0 saturated carbocycles. The zero-order chi connectivity index (χ0) is 18.7. The maximum atomic E-state index is 12.2. The van der Waals surface area contributed by atoms with Crippen molar-refractivity contribution >= 4 is 34.2 Å². The molecule has 0 unspecified atom stereocenters. The average Bonchev–Trinajstić information content (AvgIpc) is 2.62. The first kappa shape index (κ1) is 17.2. The minimum atomic E-state index is -0.517. The van der Waals surface area contributed by atoms with Crippen LogP contribution in [0.5, 0.6) is 5.75 Å². The Bertz CT molecular complexity index is 1020. The number of anilines is 1. The molecule has 0 bridgehead atoms. The highest BCUT2D eigenvalue weighted by molar-refractivity contribution is 5.95. The van der Waals surface area contributed by atoms with E-state index in [1.54, 1.807) is 13.0 Å². The van der Waals surface area contributed by atoms with Crippen LogP contribution in [-0.2, 0) is 4.79 Å². The molecule has 0 saturated heterocycles. The Morgan fingerprint density at radius 3 is 2.38 bits per heavy atom. The van der Waals surface area contributed by atoms with E-state index in [1.807, 2.05) is 36.4 Å². The Morgan fingerprint density at radius 1 is 1.04 bits per heavy atom. The summed E-state index contributed by atoms with van der Waals surface area (Å²) in [7, 11) is 0. The Labute approximate surface area is 149 Å². The zero-order valence-corrected chi connectivity index (χ0v) is 14.0. The minimum Gasteiger partial charge on any atom is -0.423 e. The van der Waals surface area contributed by atoms with Crippen molar-refractivity contribution in [3.63, 3.8) is 0 Å². The summed E-state index contributed by atoms with van der Waals surface area (Å²) >= 11 is 0. The number of carbonyl (C=O) groups is 1. The molecule has 0 spiro atoms. The topological polar surface area (TPSA) is 95.5 Å². The summed E-state index contributed by atoms with van der Waals surface area (Å²) in [5.41, 5.74) is 7.68. The molecule has 0 fully saturated rings. The lowest BCUT2D eigenvalue weighted by Gasteiger charge is -2.05. The monoisotopic (exact) mass is 348 g/mol. The van der Waals surface area contributed by atoms with E-state index in [2.05, 4.69) is 0 Å². The smallest absolute Gasteiger partial charge is 0.339 e. The summed E-state index contributed by atoms with van der Waals surface area (Å²) in [6, 6.07) is 16.8. The second kappa shape index (κ2) is 7.06. The standard InChI is InChI=1S/C20H16N2O4/c1-13(20(23)26-19-8-6-18(7-9-19)22(24)25)10-14-2-3-16-12-17(21)5-4-15(16)11-14/h2-12H,21H2,1H3. The predicted octanol–water partition coefficient (Wildman–Crippen LogP) is 4.34. The minimum absolute atomic E-state index is 0.0612. The van der Waals surface area contributed by atoms with Crippen LogP contribution < -0.4 is 10.5 Å². The number of hydrogen-bond donors (Lipinski definition) is 1. The molecular formula is C20H16N2O4. The number of esters is 1. The molecule has 0 radical (unpaired) electrons. The number of nitro groups is 1. The van der Waals surface area contributed by atoms with Gasteiger partial charge in [-0.05, 0) is 59.7 Å². The highest BCUT2D eigenvalue weighted by Gasteiger charge is 2.10. The molecule has 3 rings (SSSR count). The van der Waals surface area contributed by atoms with Crippen LogP contribution in [0.1, 0.15) is 12.5 Å². The van der Waals surface area contributed by atoms with E-state index in [9.17, 15) is 14.9 Å². The number of non-ortho nitro benzene ring substituents is 1. The summed E-state index contributed by atoms with van der Waals surface area (Å²) in [5, 5.41) is 12.7. The third-order valence-corrected chi connectivity index (χ3v) is 3.85. The molecule has 0 heterocycles. The van der Waals surface area contributed by atoms with Gasteiger partial charge in [-0.2, -0.15) is 0 Å². The molecular weight excluding hydrogens is 332 g/mol. The molecule has 3 aromatic carbocycles. The fraction of sp³-hybridized carbons (Fsp3) is 0.0500. The van der Waals surface area contributed by atoms with Crippen LogP contribution in [0.25, 0.3) is 16.8 Å². The number of ether oxygens (including phenoxy) is 1. The van der Waals surface area contributed by atoms with E-state index < -0.39 is 10.9 Å². The molecule has 6 heteroatoms. The van der Waals surface area contributed by atoms with Gasteiger partial charge in [0.1, 0.15) is 5.75 Å². The molecule has 0 atom stereocenters. The van der Waals surface area contributed by atoms with E-state index >= 15 is 0 Å². The summed E-state index contributed by atoms with van der Waals surface area (Å²) in [4.78, 5) is 22.3. The van der Waals surface area contributed by atoms with Gasteiger partial charge in [0.2, 0.25) is 0 Å². The molecule has 0 aliphatic rings. The van der Waals surface area contributed by atoms with Gasteiger partial charge in [0, 0.05) is 23.4 Å². The number of carbonyl (C=O) groups excluding carboxylic acids is 1. The maximum absolute atomic E-state index is 12.2. The Hall–Kier alpha value is -3.67. The highest BCUT2D eigenvalue weighted by atomic mass is 16.6. The number of nitrogens with two attached hydrogens (primary N) is 1. The van der Waals surface area contributed by atoms with Crippen LogP contribution in [0.4, 0.5) is 11.4 Å². The fourth-order valence-electron chi connectivity index (χ4n) is 2.50. The van der Waals surface area contributed by atoms with Crippen molar-refractivity contribution in [3.8, 4) is 5.75 Å². The number of nitro benzene ring substituents is 1. The van der Waals surface area contributed by atoms with Gasteiger partial charge in [-0.3, -0.25) is 10.1 Å². The van der Waals surface area contributed by atoms with Crippen molar-refractivity contribution in [2.24, 2.45) is 0 Å². The molecule has 0 aliphatic heterocycles. The van der Waals surface area contributed by atoms with Crippen molar-refractivity contribution in [2.45, 2.75) is 6.92 Å². The van der Waals surface area contributed by atoms with Gasteiger partial charge in [0.15, 0.2) is 0 Å². The average molecular weight is 348 g/mol. The third kappa shape index (κ3) is 3.87. The summed E-state index contributed by atoms with van der Waals surface area (Å²) in [6.45, 7) is 1.65. The second-order valence-corrected chi connectivity index (χ2v) is 5.83. The van der Waals surface area contributed by atoms with E-state index in [0.29, 0.717) is 11.3 Å².